The predicted octanol–water partition coefficient (Wildman–Crippen LogP) is 1.37. The van der Waals surface area contributed by atoms with Crippen LogP contribution < -0.4 is 4.74 Å². The summed E-state index contributed by atoms with van der Waals surface area (Å²) >= 11 is 0. The minimum absolute atomic E-state index is 0.212. The van der Waals surface area contributed by atoms with Gasteiger partial charge in [0, 0.05) is 12.0 Å². The molecule has 2 rings (SSSR count). The lowest BCUT2D eigenvalue weighted by atomic mass is 10.0. The van der Waals surface area contributed by atoms with E-state index in [1.807, 2.05) is 0 Å². The van der Waals surface area contributed by atoms with Gasteiger partial charge in [-0.05, 0) is 23.8 Å². The number of hydrogen-bond acceptors (Lipinski definition) is 4. The molecular formula is C12H12O4. The fourth-order valence-electron chi connectivity index (χ4n) is 1.67. The summed E-state index contributed by atoms with van der Waals surface area (Å²) in [5.74, 6) is 0.0953. The van der Waals surface area contributed by atoms with Crippen molar-refractivity contribution in [3.63, 3.8) is 0 Å². The summed E-state index contributed by atoms with van der Waals surface area (Å²) in [6.45, 7) is 0.657. The van der Waals surface area contributed by atoms with Crippen molar-refractivity contribution in [2.45, 2.75) is 12.8 Å². The molecule has 0 bridgehead atoms. The third kappa shape index (κ3) is 2.05. The van der Waals surface area contributed by atoms with Crippen LogP contribution in [-0.4, -0.2) is 25.5 Å². The van der Waals surface area contributed by atoms with Gasteiger partial charge in [-0.15, -0.1) is 0 Å². The first-order valence-corrected chi connectivity index (χ1v) is 5.06. The average Bonchev–Trinajstić information content (AvgIpc) is 2.75. The molecule has 0 aliphatic carbocycles. The Morgan fingerprint density at radius 3 is 3.00 bits per heavy atom. The van der Waals surface area contributed by atoms with Gasteiger partial charge >= 0.3 is 5.97 Å². The van der Waals surface area contributed by atoms with Crippen LogP contribution >= 0.6 is 0 Å². The van der Waals surface area contributed by atoms with Crippen molar-refractivity contribution >= 4 is 11.8 Å². The number of carbonyl (C=O) groups excluding carboxylic acids is 2. The largest absolute Gasteiger partial charge is 0.493 e. The highest BCUT2D eigenvalue weighted by Gasteiger charge is 2.16. The molecule has 0 amide bonds. The maximum atomic E-state index is 11.7. The lowest BCUT2D eigenvalue weighted by Gasteiger charge is -2.02. The molecule has 0 saturated carbocycles. The number of Topliss-reactive ketones (excluding diaryl/α,β-unsaturated/α-hetero) is 1. The molecule has 0 atom stereocenters. The quantitative estimate of drug-likeness (QED) is 0.438. The van der Waals surface area contributed by atoms with Crippen molar-refractivity contribution in [2.24, 2.45) is 0 Å². The second-order valence-corrected chi connectivity index (χ2v) is 3.60. The van der Waals surface area contributed by atoms with E-state index in [9.17, 15) is 9.59 Å². The molecule has 84 valence electrons. The number of esters is 1. The minimum atomic E-state index is -0.512. The molecule has 1 aromatic carbocycles. The summed E-state index contributed by atoms with van der Waals surface area (Å²) in [6, 6.07) is 5.23. The zero-order valence-corrected chi connectivity index (χ0v) is 8.99. The van der Waals surface area contributed by atoms with Crippen LogP contribution in [0.25, 0.3) is 0 Å². The summed E-state index contributed by atoms with van der Waals surface area (Å²) in [6.07, 6.45) is 0.602. The Hall–Kier alpha value is -1.84. The monoisotopic (exact) mass is 220 g/mol. The lowest BCUT2D eigenvalue weighted by molar-refractivity contribution is -0.139. The molecule has 0 saturated heterocycles. The topological polar surface area (TPSA) is 52.6 Å². The molecular weight excluding hydrogens is 208 g/mol. The fraction of sp³-hybridized carbons (Fsp3) is 0.333. The van der Waals surface area contributed by atoms with E-state index in [0.717, 1.165) is 17.7 Å². The van der Waals surface area contributed by atoms with Gasteiger partial charge in [-0.25, -0.2) is 0 Å². The van der Waals surface area contributed by atoms with E-state index in [1.165, 1.54) is 7.11 Å². The highest BCUT2D eigenvalue weighted by molar-refractivity contribution is 6.06. The van der Waals surface area contributed by atoms with Crippen LogP contribution in [0.15, 0.2) is 18.2 Å². The van der Waals surface area contributed by atoms with Gasteiger partial charge in [-0.3, -0.25) is 9.59 Å². The highest BCUT2D eigenvalue weighted by atomic mass is 16.5. The van der Waals surface area contributed by atoms with Gasteiger partial charge in [0.1, 0.15) is 12.2 Å². The zero-order chi connectivity index (χ0) is 11.5. The summed E-state index contributed by atoms with van der Waals surface area (Å²) < 4.78 is 9.78. The first-order chi connectivity index (χ1) is 7.70. The van der Waals surface area contributed by atoms with Crippen molar-refractivity contribution in [3.8, 4) is 5.75 Å². The predicted molar refractivity (Wildman–Crippen MR) is 56.6 cm³/mol. The summed E-state index contributed by atoms with van der Waals surface area (Å²) in [4.78, 5) is 22.6. The van der Waals surface area contributed by atoms with Crippen molar-refractivity contribution in [2.75, 3.05) is 13.7 Å². The van der Waals surface area contributed by atoms with Crippen molar-refractivity contribution in [1.82, 2.24) is 0 Å². The van der Waals surface area contributed by atoms with E-state index in [2.05, 4.69) is 4.74 Å². The number of benzene rings is 1. The minimum Gasteiger partial charge on any atom is -0.493 e. The number of hydrogen-bond donors (Lipinski definition) is 0. The van der Waals surface area contributed by atoms with Crippen molar-refractivity contribution in [1.29, 1.82) is 0 Å². The van der Waals surface area contributed by atoms with Crippen LogP contribution in [-0.2, 0) is 16.0 Å². The number of ether oxygens (including phenoxy) is 2. The van der Waals surface area contributed by atoms with Gasteiger partial charge in [0.15, 0.2) is 5.78 Å². The Balaban J connectivity index is 2.15. The Kier molecular flexibility index (Phi) is 2.90. The first kappa shape index (κ1) is 10.7. The number of carbonyl (C=O) groups is 2. The Morgan fingerprint density at radius 1 is 1.44 bits per heavy atom. The fourth-order valence-corrected chi connectivity index (χ4v) is 1.67. The molecule has 1 aromatic rings. The van der Waals surface area contributed by atoms with Gasteiger partial charge in [-0.2, -0.15) is 0 Å². The molecule has 16 heavy (non-hydrogen) atoms. The molecule has 0 spiro atoms. The van der Waals surface area contributed by atoms with Crippen LogP contribution in [0.5, 0.6) is 5.75 Å². The molecule has 0 unspecified atom stereocenters. The Bertz CT molecular complexity index is 437. The lowest BCUT2D eigenvalue weighted by Crippen LogP contribution is -2.09. The van der Waals surface area contributed by atoms with E-state index in [0.29, 0.717) is 12.2 Å². The van der Waals surface area contributed by atoms with Gasteiger partial charge in [0.2, 0.25) is 0 Å². The third-order valence-electron chi connectivity index (χ3n) is 2.54. The van der Waals surface area contributed by atoms with Gasteiger partial charge in [0.25, 0.3) is 0 Å². The number of methoxy groups -OCH3 is 1. The summed E-state index contributed by atoms with van der Waals surface area (Å²) in [5.41, 5.74) is 1.56. The summed E-state index contributed by atoms with van der Waals surface area (Å²) in [7, 11) is 1.27. The van der Waals surface area contributed by atoms with Crippen LogP contribution in [0.2, 0.25) is 0 Å². The smallest absolute Gasteiger partial charge is 0.313 e. The normalized spacial score (nSPS) is 12.8. The van der Waals surface area contributed by atoms with Crippen LogP contribution in [0.4, 0.5) is 0 Å². The van der Waals surface area contributed by atoms with E-state index in [1.54, 1.807) is 18.2 Å². The van der Waals surface area contributed by atoms with E-state index >= 15 is 0 Å². The number of ketones is 1. The van der Waals surface area contributed by atoms with Crippen molar-refractivity contribution in [3.05, 3.63) is 29.3 Å². The first-order valence-electron chi connectivity index (χ1n) is 5.06. The second kappa shape index (κ2) is 4.35. The highest BCUT2D eigenvalue weighted by Crippen LogP contribution is 2.26. The SMILES string of the molecule is COC(=O)CC(=O)c1ccc2c(c1)CCO2. The average molecular weight is 220 g/mol. The Morgan fingerprint density at radius 2 is 2.25 bits per heavy atom. The zero-order valence-electron chi connectivity index (χ0n) is 8.99. The van der Waals surface area contributed by atoms with Crippen LogP contribution in [0, 0.1) is 0 Å². The number of rotatable bonds is 3. The maximum Gasteiger partial charge on any atom is 0.313 e. The van der Waals surface area contributed by atoms with Gasteiger partial charge in [0.05, 0.1) is 13.7 Å². The second-order valence-electron chi connectivity index (χ2n) is 3.60. The molecule has 1 aliphatic heterocycles. The van der Waals surface area contributed by atoms with Crippen LogP contribution in [0.3, 0.4) is 0 Å². The Labute approximate surface area is 93.2 Å². The molecule has 4 heteroatoms. The van der Waals surface area contributed by atoms with Gasteiger partial charge < -0.3 is 9.47 Å². The summed E-state index contributed by atoms with van der Waals surface area (Å²) in [5, 5.41) is 0. The van der Waals surface area contributed by atoms with Crippen molar-refractivity contribution < 1.29 is 19.1 Å². The molecule has 1 aliphatic rings. The molecule has 0 fully saturated rings. The van der Waals surface area contributed by atoms with E-state index in [-0.39, 0.29) is 12.2 Å². The molecule has 0 radical (unpaired) electrons. The third-order valence-corrected chi connectivity index (χ3v) is 2.54. The number of fused-ring (bicyclic) bond motifs is 1. The molecule has 0 aromatic heterocycles. The van der Waals surface area contributed by atoms with Crippen LogP contribution in [0.1, 0.15) is 22.3 Å². The molecule has 4 nitrogen and oxygen atoms in total. The maximum absolute atomic E-state index is 11.7. The van der Waals surface area contributed by atoms with E-state index in [4.69, 9.17) is 4.74 Å². The standard InChI is InChI=1S/C12H12O4/c1-15-12(14)7-10(13)8-2-3-11-9(6-8)4-5-16-11/h2-3,6H,4-5,7H2,1H3. The molecule has 1 heterocycles. The van der Waals surface area contributed by atoms with Gasteiger partial charge in [-0.1, -0.05) is 0 Å². The molecule has 0 N–H and O–H groups in total. The van der Waals surface area contributed by atoms with E-state index < -0.39 is 5.97 Å².